The van der Waals surface area contributed by atoms with Crippen LogP contribution in [-0.2, 0) is 11.3 Å². The van der Waals surface area contributed by atoms with E-state index in [2.05, 4.69) is 15.6 Å². The van der Waals surface area contributed by atoms with Crippen LogP contribution in [0.4, 0.5) is 0 Å². The van der Waals surface area contributed by atoms with Crippen molar-refractivity contribution in [2.75, 3.05) is 7.05 Å². The molecule has 0 aliphatic heterocycles. The van der Waals surface area contributed by atoms with Crippen LogP contribution in [0.25, 0.3) is 0 Å². The summed E-state index contributed by atoms with van der Waals surface area (Å²) in [6.45, 7) is 6.13. The third kappa shape index (κ3) is 3.31. The number of aryl methyl sites for hydroxylation is 1. The molecular formula is C12H19N3O. The molecule has 2 N–H and O–H groups in total. The number of hydrogen-bond donors (Lipinski definition) is 2. The number of nitrogens with zero attached hydrogens (tertiary/aromatic N) is 1. The molecule has 16 heavy (non-hydrogen) atoms. The highest BCUT2D eigenvalue weighted by molar-refractivity contribution is 5.85. The number of pyridine rings is 1. The highest BCUT2D eigenvalue weighted by atomic mass is 16.2. The number of nitrogens with one attached hydrogen (secondary N) is 2. The Morgan fingerprint density at radius 2 is 2.12 bits per heavy atom. The Morgan fingerprint density at radius 1 is 1.44 bits per heavy atom. The van der Waals surface area contributed by atoms with Gasteiger partial charge < -0.3 is 10.6 Å². The Kier molecular flexibility index (Phi) is 4.01. The highest BCUT2D eigenvalue weighted by Crippen LogP contribution is 2.03. The zero-order valence-electron chi connectivity index (χ0n) is 10.3. The zero-order chi connectivity index (χ0) is 12.2. The molecule has 1 rings (SSSR count). The second-order valence-electron chi connectivity index (χ2n) is 4.37. The molecule has 0 unspecified atom stereocenters. The average Bonchev–Trinajstić information content (AvgIpc) is 2.28. The molecule has 0 aromatic carbocycles. The molecule has 4 nitrogen and oxygen atoms in total. The fourth-order valence-electron chi connectivity index (χ4n) is 1.12. The molecule has 0 saturated carbocycles. The summed E-state index contributed by atoms with van der Waals surface area (Å²) in [4.78, 5) is 15.9. The van der Waals surface area contributed by atoms with Gasteiger partial charge in [-0.05, 0) is 39.4 Å². The van der Waals surface area contributed by atoms with Crippen LogP contribution in [0, 0.1) is 6.92 Å². The van der Waals surface area contributed by atoms with Crippen molar-refractivity contribution in [2.24, 2.45) is 0 Å². The van der Waals surface area contributed by atoms with Crippen LogP contribution in [0.15, 0.2) is 18.3 Å². The molecule has 0 fully saturated rings. The first-order valence-electron chi connectivity index (χ1n) is 5.34. The molecule has 0 radical (unpaired) electrons. The van der Waals surface area contributed by atoms with Crippen molar-refractivity contribution in [1.82, 2.24) is 15.6 Å². The van der Waals surface area contributed by atoms with Crippen molar-refractivity contribution in [2.45, 2.75) is 32.9 Å². The lowest BCUT2D eigenvalue weighted by atomic mass is 10.1. The van der Waals surface area contributed by atoms with Crippen molar-refractivity contribution >= 4 is 5.91 Å². The minimum atomic E-state index is -0.544. The molecule has 4 heteroatoms. The fraction of sp³-hybridized carbons (Fsp3) is 0.500. The van der Waals surface area contributed by atoms with Crippen LogP contribution in [0.1, 0.15) is 25.1 Å². The maximum Gasteiger partial charge on any atom is 0.239 e. The smallest absolute Gasteiger partial charge is 0.239 e. The predicted molar refractivity (Wildman–Crippen MR) is 64.0 cm³/mol. The average molecular weight is 221 g/mol. The lowest BCUT2D eigenvalue weighted by Crippen LogP contribution is -2.50. The van der Waals surface area contributed by atoms with Crippen LogP contribution in [0.3, 0.4) is 0 Å². The molecule has 1 aromatic heterocycles. The molecule has 0 aliphatic rings. The van der Waals surface area contributed by atoms with E-state index in [9.17, 15) is 4.79 Å². The molecule has 88 valence electrons. The van der Waals surface area contributed by atoms with E-state index in [-0.39, 0.29) is 5.91 Å². The van der Waals surface area contributed by atoms with E-state index < -0.39 is 5.54 Å². The molecule has 0 bridgehead atoms. The summed E-state index contributed by atoms with van der Waals surface area (Å²) in [5.74, 6) is -0.0180. The molecule has 0 spiro atoms. The summed E-state index contributed by atoms with van der Waals surface area (Å²) >= 11 is 0. The second kappa shape index (κ2) is 5.07. The first-order valence-corrected chi connectivity index (χ1v) is 5.34. The van der Waals surface area contributed by atoms with Gasteiger partial charge in [0.2, 0.25) is 5.91 Å². The molecule has 1 heterocycles. The topological polar surface area (TPSA) is 54.0 Å². The van der Waals surface area contributed by atoms with Crippen molar-refractivity contribution in [1.29, 1.82) is 0 Å². The van der Waals surface area contributed by atoms with Crippen LogP contribution in [0.5, 0.6) is 0 Å². The lowest BCUT2D eigenvalue weighted by Gasteiger charge is -2.22. The minimum absolute atomic E-state index is 0.0180. The van der Waals surface area contributed by atoms with E-state index in [0.717, 1.165) is 11.3 Å². The van der Waals surface area contributed by atoms with Gasteiger partial charge in [0.1, 0.15) is 0 Å². The first kappa shape index (κ1) is 12.6. The van der Waals surface area contributed by atoms with Crippen molar-refractivity contribution in [3.63, 3.8) is 0 Å². The molecule has 0 aliphatic carbocycles. The Morgan fingerprint density at radius 3 is 2.62 bits per heavy atom. The molecule has 1 aromatic rings. The standard InChI is InChI=1S/C12H19N3O/c1-9-5-6-10(7-14-9)8-15-11(16)12(2,3)13-4/h5-7,13H,8H2,1-4H3,(H,15,16). The third-order valence-electron chi connectivity index (χ3n) is 2.62. The maximum atomic E-state index is 11.7. The van der Waals surface area contributed by atoms with Gasteiger partial charge in [0.15, 0.2) is 0 Å². The predicted octanol–water partition coefficient (Wildman–Crippen LogP) is 1.00. The summed E-state index contributed by atoms with van der Waals surface area (Å²) < 4.78 is 0. The van der Waals surface area contributed by atoms with Gasteiger partial charge in [-0.3, -0.25) is 9.78 Å². The van der Waals surface area contributed by atoms with E-state index in [4.69, 9.17) is 0 Å². The normalized spacial score (nSPS) is 11.2. The largest absolute Gasteiger partial charge is 0.350 e. The van der Waals surface area contributed by atoms with Gasteiger partial charge in [0.05, 0.1) is 5.54 Å². The van der Waals surface area contributed by atoms with Gasteiger partial charge in [-0.1, -0.05) is 6.07 Å². The van der Waals surface area contributed by atoms with Gasteiger partial charge in [-0.2, -0.15) is 0 Å². The van der Waals surface area contributed by atoms with Crippen molar-refractivity contribution < 1.29 is 4.79 Å². The molecule has 0 atom stereocenters. The summed E-state index contributed by atoms with van der Waals surface area (Å²) in [6, 6.07) is 3.90. The Balaban J connectivity index is 2.52. The Labute approximate surface area is 96.5 Å². The van der Waals surface area contributed by atoms with Crippen LogP contribution >= 0.6 is 0 Å². The number of amides is 1. The maximum absolute atomic E-state index is 11.7. The van der Waals surface area contributed by atoms with E-state index >= 15 is 0 Å². The molecule has 0 saturated heterocycles. The van der Waals surface area contributed by atoms with Gasteiger partial charge in [-0.25, -0.2) is 0 Å². The van der Waals surface area contributed by atoms with Gasteiger partial charge >= 0.3 is 0 Å². The Bertz CT molecular complexity index is 357. The number of rotatable bonds is 4. The van der Waals surface area contributed by atoms with Crippen molar-refractivity contribution in [3.05, 3.63) is 29.6 Å². The van der Waals surface area contributed by atoms with Crippen molar-refractivity contribution in [3.8, 4) is 0 Å². The number of likely N-dealkylation sites (N-methyl/N-ethyl adjacent to an activating group) is 1. The third-order valence-corrected chi connectivity index (χ3v) is 2.62. The number of carbonyl (C=O) groups excluding carboxylic acids is 1. The second-order valence-corrected chi connectivity index (χ2v) is 4.37. The fourth-order valence-corrected chi connectivity index (χ4v) is 1.12. The number of hydrogen-bond acceptors (Lipinski definition) is 3. The lowest BCUT2D eigenvalue weighted by molar-refractivity contribution is -0.126. The SMILES string of the molecule is CNC(C)(C)C(=O)NCc1ccc(C)nc1. The summed E-state index contributed by atoms with van der Waals surface area (Å²) in [7, 11) is 1.77. The van der Waals surface area contributed by atoms with Gasteiger partial charge in [0.25, 0.3) is 0 Å². The van der Waals surface area contributed by atoms with E-state index in [1.54, 1.807) is 13.2 Å². The first-order chi connectivity index (χ1) is 7.45. The zero-order valence-corrected chi connectivity index (χ0v) is 10.3. The summed E-state index contributed by atoms with van der Waals surface area (Å²) in [6.07, 6.45) is 1.78. The van der Waals surface area contributed by atoms with Crippen LogP contribution < -0.4 is 10.6 Å². The minimum Gasteiger partial charge on any atom is -0.350 e. The van der Waals surface area contributed by atoms with E-state index in [0.29, 0.717) is 6.54 Å². The molecule has 1 amide bonds. The van der Waals surface area contributed by atoms with Crippen LogP contribution in [0.2, 0.25) is 0 Å². The highest BCUT2D eigenvalue weighted by Gasteiger charge is 2.24. The summed E-state index contributed by atoms with van der Waals surface area (Å²) in [5, 5.41) is 5.83. The number of aromatic nitrogens is 1. The van der Waals surface area contributed by atoms with E-state index in [1.165, 1.54) is 0 Å². The van der Waals surface area contributed by atoms with Crippen LogP contribution in [-0.4, -0.2) is 23.5 Å². The quantitative estimate of drug-likeness (QED) is 0.797. The van der Waals surface area contributed by atoms with Gasteiger partial charge in [-0.15, -0.1) is 0 Å². The Hall–Kier alpha value is -1.42. The van der Waals surface area contributed by atoms with E-state index in [1.807, 2.05) is 32.9 Å². The summed E-state index contributed by atoms with van der Waals surface area (Å²) in [5.41, 5.74) is 1.44. The molecular weight excluding hydrogens is 202 g/mol. The monoisotopic (exact) mass is 221 g/mol. The number of carbonyl (C=O) groups is 1. The van der Waals surface area contributed by atoms with Gasteiger partial charge in [0, 0.05) is 18.4 Å².